The molecular formula is C7H14IN2Tl. The Bertz CT molecular complexity index is 179. The van der Waals surface area contributed by atoms with Crippen molar-refractivity contribution in [2.75, 3.05) is 18.0 Å². The van der Waals surface area contributed by atoms with Crippen LogP contribution in [0.4, 0.5) is 0 Å². The van der Waals surface area contributed by atoms with E-state index in [2.05, 4.69) is 8.88 Å². The topological polar surface area (TPSA) is 38.0 Å². The maximum atomic E-state index is 5.82. The van der Waals surface area contributed by atoms with Crippen LogP contribution in [-0.2, 0) is 0 Å². The fourth-order valence-corrected chi connectivity index (χ4v) is 15.3. The first-order chi connectivity index (χ1) is 5.33. The van der Waals surface area contributed by atoms with Crippen LogP contribution in [0.5, 0.6) is 0 Å². The van der Waals surface area contributed by atoms with Gasteiger partial charge >= 0.3 is 90.6 Å². The van der Waals surface area contributed by atoms with Crippen LogP contribution in [-0.4, -0.2) is 52.4 Å². The van der Waals surface area contributed by atoms with Gasteiger partial charge < -0.3 is 0 Å². The van der Waals surface area contributed by atoms with Crippen molar-refractivity contribution < 1.29 is 0 Å². The molecule has 1 aliphatic rings. The van der Waals surface area contributed by atoms with Gasteiger partial charge in [-0.2, -0.15) is 0 Å². The van der Waals surface area contributed by atoms with Crippen molar-refractivity contribution in [3.63, 3.8) is 0 Å². The summed E-state index contributed by atoms with van der Waals surface area (Å²) in [5, 5.41) is 3.21. The molecule has 1 heterocycles. The molecule has 0 saturated heterocycles. The van der Waals surface area contributed by atoms with Gasteiger partial charge in [-0.25, -0.2) is 0 Å². The predicted octanol–water partition coefficient (Wildman–Crippen LogP) is -0.456. The molecule has 0 radical (unpaired) electrons. The maximum absolute atomic E-state index is 5.82. The van der Waals surface area contributed by atoms with Gasteiger partial charge in [-0.05, 0) is 0 Å². The molecule has 1 unspecified atom stereocenters. The fourth-order valence-electron chi connectivity index (χ4n) is 0.907. The molecule has 0 fully saturated rings. The summed E-state index contributed by atoms with van der Waals surface area (Å²) < 4.78 is 5.75. The first kappa shape index (κ1) is 10.4. The molecular weight excluding hydrogens is 443 g/mol. The Labute approximate surface area is 89.7 Å². The molecule has 0 aromatic rings. The van der Waals surface area contributed by atoms with E-state index in [9.17, 15) is 0 Å². The summed E-state index contributed by atoms with van der Waals surface area (Å²) in [5.41, 5.74) is 5.82. The zero-order valence-corrected chi connectivity index (χ0v) is 13.5. The monoisotopic (exact) mass is 458 g/mol. The molecule has 11 heavy (non-hydrogen) atoms. The fraction of sp³-hybridized carbons (Fsp3) is 0.714. The molecule has 4 heteroatoms. The van der Waals surface area contributed by atoms with E-state index in [1.165, 1.54) is 17.4 Å². The zero-order valence-electron chi connectivity index (χ0n) is 6.81. The first-order valence-electron chi connectivity index (χ1n) is 3.86. The van der Waals surface area contributed by atoms with Crippen LogP contribution >= 0.6 is 20.7 Å². The predicted molar refractivity (Wildman–Crippen MR) is 62.2 cm³/mol. The molecule has 0 amide bonds. The minimum atomic E-state index is -0.550. The Hall–Kier alpha value is 1.31. The number of hydrogen-bond acceptors (Lipinski definition) is 2. The molecule has 1 atom stereocenters. The normalized spacial score (nSPS) is 23.5. The van der Waals surface area contributed by atoms with E-state index in [-0.39, 0.29) is 0 Å². The summed E-state index contributed by atoms with van der Waals surface area (Å²) in [6.45, 7) is 1.19. The summed E-state index contributed by atoms with van der Waals surface area (Å²) in [6, 6.07) is 0.496. The van der Waals surface area contributed by atoms with E-state index in [1.54, 1.807) is 0 Å². The van der Waals surface area contributed by atoms with E-state index in [1.807, 2.05) is 8.12 Å². The van der Waals surface area contributed by atoms with E-state index >= 15 is 0 Å². The Balaban J connectivity index is 2.31. The third-order valence-corrected chi connectivity index (χ3v) is 16.9. The van der Waals surface area contributed by atoms with Gasteiger partial charge in [0.05, 0.1) is 0 Å². The second kappa shape index (κ2) is 5.87. The van der Waals surface area contributed by atoms with E-state index < -0.39 is 23.7 Å². The summed E-state index contributed by atoms with van der Waals surface area (Å²) in [7, 11) is 2.03. The van der Waals surface area contributed by atoms with E-state index in [0.29, 0.717) is 26.8 Å². The van der Waals surface area contributed by atoms with Crippen LogP contribution in [0.2, 0.25) is 0 Å². The zero-order chi connectivity index (χ0) is 8.10. The number of alkyl halides is 1. The third-order valence-electron chi connectivity index (χ3n) is 1.57. The van der Waals surface area contributed by atoms with Crippen molar-refractivity contribution in [2.45, 2.75) is 12.5 Å². The van der Waals surface area contributed by atoms with Gasteiger partial charge in [0.25, 0.3) is 0 Å². The van der Waals surface area contributed by atoms with Gasteiger partial charge in [-0.1, -0.05) is 0 Å². The Morgan fingerprint density at radius 2 is 2.73 bits per heavy atom. The van der Waals surface area contributed by atoms with E-state index in [4.69, 9.17) is 5.73 Å². The van der Waals surface area contributed by atoms with Crippen molar-refractivity contribution in [3.8, 4) is 0 Å². The molecule has 2 nitrogen and oxygen atoms in total. The van der Waals surface area contributed by atoms with Crippen molar-refractivity contribution in [1.82, 2.24) is 5.32 Å². The summed E-state index contributed by atoms with van der Waals surface area (Å²) in [4.78, 5) is 0. The minimum absolute atomic E-state index is 0.409. The Kier molecular flexibility index (Phi) is 5.55. The van der Waals surface area contributed by atoms with Gasteiger partial charge in [-0.3, -0.25) is 0 Å². The van der Waals surface area contributed by atoms with Crippen LogP contribution in [0.3, 0.4) is 0 Å². The molecule has 0 aromatic carbocycles. The molecule has 0 aromatic heterocycles. The second-order valence-corrected chi connectivity index (χ2v) is 15.7. The van der Waals surface area contributed by atoms with E-state index in [0.717, 1.165) is 0 Å². The summed E-state index contributed by atoms with van der Waals surface area (Å²) in [5.74, 6) is 0. The molecule has 0 bridgehead atoms. The van der Waals surface area contributed by atoms with Gasteiger partial charge in [-0.15, -0.1) is 0 Å². The molecule has 62 valence electrons. The molecule has 0 saturated carbocycles. The van der Waals surface area contributed by atoms with Crippen molar-refractivity contribution in [2.24, 2.45) is 5.73 Å². The summed E-state index contributed by atoms with van der Waals surface area (Å²) in [6.07, 6.45) is 1.36. The molecule has 1 rings (SSSR count). The second-order valence-electron chi connectivity index (χ2n) is 2.61. The van der Waals surface area contributed by atoms with Gasteiger partial charge in [0.2, 0.25) is 0 Å². The SMILES string of the molecule is CNCC[C]1=ICC(N)[CH]=[Tl]1. The number of rotatable bonds is 3. The number of hydrogen-bond donors (Lipinski definition) is 2. The van der Waals surface area contributed by atoms with Crippen molar-refractivity contribution in [3.05, 3.63) is 0 Å². The van der Waals surface area contributed by atoms with Gasteiger partial charge in [0, 0.05) is 0 Å². The average molecular weight is 457 g/mol. The Morgan fingerprint density at radius 1 is 1.91 bits per heavy atom. The van der Waals surface area contributed by atoms with Crippen LogP contribution in [0.15, 0.2) is 0 Å². The van der Waals surface area contributed by atoms with Crippen LogP contribution in [0.25, 0.3) is 0 Å². The first-order valence-corrected chi connectivity index (χ1v) is 11.3. The van der Waals surface area contributed by atoms with Gasteiger partial charge in [0.1, 0.15) is 0 Å². The van der Waals surface area contributed by atoms with Crippen molar-refractivity contribution in [1.29, 1.82) is 0 Å². The Morgan fingerprint density at radius 3 is 3.27 bits per heavy atom. The molecule has 0 spiro atoms. The molecule has 1 aliphatic heterocycles. The number of nitrogens with one attached hydrogen (secondary N) is 1. The third kappa shape index (κ3) is 4.18. The van der Waals surface area contributed by atoms with Crippen LogP contribution in [0, 0.1) is 0 Å². The number of halogens is 1. The molecule has 3 N–H and O–H groups in total. The van der Waals surface area contributed by atoms with Crippen molar-refractivity contribution >= 4 is 49.1 Å². The average Bonchev–Trinajstić information content (AvgIpc) is 2.04. The summed E-state index contributed by atoms with van der Waals surface area (Å²) >= 11 is -0.141. The number of nitrogens with two attached hydrogens (primary N) is 1. The molecule has 0 aliphatic carbocycles. The quantitative estimate of drug-likeness (QED) is 0.342. The van der Waals surface area contributed by atoms with Crippen LogP contribution in [0.1, 0.15) is 6.42 Å². The van der Waals surface area contributed by atoms with Gasteiger partial charge in [0.15, 0.2) is 0 Å². The van der Waals surface area contributed by atoms with Crippen LogP contribution < -0.4 is 11.1 Å². The standard InChI is InChI=1S/C7H14IN2.Tl/c1-7(9)6-8-4-3-5-10-2;/h1,7,10H,3,5-6,9H2,2H3;.